The van der Waals surface area contributed by atoms with Crippen LogP contribution >= 0.6 is 12.2 Å². The molecule has 3 rings (SSSR count). The van der Waals surface area contributed by atoms with Crippen LogP contribution in [0.1, 0.15) is 33.4 Å². The number of furan rings is 1. The molecule has 7 nitrogen and oxygen atoms in total. The summed E-state index contributed by atoms with van der Waals surface area (Å²) in [5.41, 5.74) is 1.48. The Morgan fingerprint density at radius 2 is 1.80 bits per heavy atom. The molecule has 0 bridgehead atoms. The van der Waals surface area contributed by atoms with E-state index in [1.54, 1.807) is 66.9 Å². The minimum absolute atomic E-state index is 0.127. The molecule has 0 spiro atoms. The van der Waals surface area contributed by atoms with Gasteiger partial charge < -0.3 is 19.8 Å². The molecule has 30 heavy (non-hydrogen) atoms. The number of hydrogen-bond acceptors (Lipinski definition) is 5. The van der Waals surface area contributed by atoms with Crippen LogP contribution in [0.5, 0.6) is 5.75 Å². The quantitative estimate of drug-likeness (QED) is 0.502. The Balaban J connectivity index is 1.55. The van der Waals surface area contributed by atoms with Crippen LogP contribution in [0.2, 0.25) is 0 Å². The van der Waals surface area contributed by atoms with Gasteiger partial charge in [0.25, 0.3) is 11.8 Å². The van der Waals surface area contributed by atoms with E-state index >= 15 is 0 Å². The zero-order valence-electron chi connectivity index (χ0n) is 16.3. The first kappa shape index (κ1) is 21.1. The lowest BCUT2D eigenvalue weighted by atomic mass is 10.2. The van der Waals surface area contributed by atoms with Gasteiger partial charge >= 0.3 is 0 Å². The smallest absolute Gasteiger partial charge is 0.257 e. The zero-order chi connectivity index (χ0) is 21.3. The van der Waals surface area contributed by atoms with Crippen LogP contribution in [0.25, 0.3) is 0 Å². The Hall–Kier alpha value is -3.65. The van der Waals surface area contributed by atoms with Gasteiger partial charge in [0, 0.05) is 16.8 Å². The summed E-state index contributed by atoms with van der Waals surface area (Å²) in [6.07, 6.45) is 1.55. The molecule has 0 saturated heterocycles. The molecule has 0 fully saturated rings. The average Bonchev–Trinajstić information content (AvgIpc) is 3.26. The van der Waals surface area contributed by atoms with E-state index in [2.05, 4.69) is 16.0 Å². The van der Waals surface area contributed by atoms with E-state index in [9.17, 15) is 9.59 Å². The molecular formula is C22H21N3O4S. The molecule has 8 heteroatoms. The molecule has 2 aromatic carbocycles. The summed E-state index contributed by atoms with van der Waals surface area (Å²) in [4.78, 5) is 24.7. The Labute approximate surface area is 179 Å². The first-order valence-corrected chi connectivity index (χ1v) is 9.72. The summed E-state index contributed by atoms with van der Waals surface area (Å²) in [7, 11) is 0. The molecule has 3 aromatic rings. The van der Waals surface area contributed by atoms with Crippen molar-refractivity contribution in [1.82, 2.24) is 10.6 Å². The average molecular weight is 423 g/mol. The van der Waals surface area contributed by atoms with Gasteiger partial charge in [-0.15, -0.1) is 0 Å². The van der Waals surface area contributed by atoms with Crippen LogP contribution in [0.4, 0.5) is 5.69 Å². The number of carbonyl (C=O) groups excluding carboxylic acids is 2. The largest absolute Gasteiger partial charge is 0.494 e. The number of carbonyl (C=O) groups is 2. The highest BCUT2D eigenvalue weighted by molar-refractivity contribution is 7.80. The lowest BCUT2D eigenvalue weighted by molar-refractivity contribution is 0.0946. The molecule has 2 amide bonds. The van der Waals surface area contributed by atoms with E-state index in [1.165, 1.54) is 0 Å². The summed E-state index contributed by atoms with van der Waals surface area (Å²) in [5.74, 6) is 0.759. The first-order chi connectivity index (χ1) is 14.5. The van der Waals surface area contributed by atoms with Gasteiger partial charge in [-0.05, 0) is 73.7 Å². The highest BCUT2D eigenvalue weighted by Crippen LogP contribution is 2.13. The summed E-state index contributed by atoms with van der Waals surface area (Å²) >= 11 is 5.21. The van der Waals surface area contributed by atoms with Gasteiger partial charge in [-0.2, -0.15) is 0 Å². The number of benzene rings is 2. The van der Waals surface area contributed by atoms with Gasteiger partial charge in [-0.25, -0.2) is 0 Å². The molecule has 0 aliphatic rings. The maximum Gasteiger partial charge on any atom is 0.257 e. The van der Waals surface area contributed by atoms with Gasteiger partial charge in [0.15, 0.2) is 5.11 Å². The number of thiocarbonyl (C=S) groups is 1. The molecule has 0 aliphatic heterocycles. The molecule has 0 atom stereocenters. The molecular weight excluding hydrogens is 402 g/mol. The van der Waals surface area contributed by atoms with Crippen molar-refractivity contribution in [1.29, 1.82) is 0 Å². The van der Waals surface area contributed by atoms with E-state index in [0.717, 1.165) is 0 Å². The number of ether oxygens (including phenoxy) is 1. The Morgan fingerprint density at radius 1 is 1.00 bits per heavy atom. The fraction of sp³-hybridized carbons (Fsp3) is 0.136. The van der Waals surface area contributed by atoms with Gasteiger partial charge in [0.2, 0.25) is 0 Å². The third kappa shape index (κ3) is 5.92. The minimum atomic E-state index is -0.345. The first-order valence-electron chi connectivity index (χ1n) is 9.31. The SMILES string of the molecule is CCOc1ccc(C(=O)NC(=S)Nc2cccc(C(=O)NCc3ccco3)c2)cc1. The van der Waals surface area contributed by atoms with Crippen molar-refractivity contribution >= 4 is 34.8 Å². The van der Waals surface area contributed by atoms with Crippen molar-refractivity contribution in [2.45, 2.75) is 13.5 Å². The summed E-state index contributed by atoms with van der Waals surface area (Å²) in [6, 6.07) is 17.1. The predicted octanol–water partition coefficient (Wildman–Crippen LogP) is 3.74. The minimum Gasteiger partial charge on any atom is -0.494 e. The van der Waals surface area contributed by atoms with Crippen molar-refractivity contribution in [3.63, 3.8) is 0 Å². The Morgan fingerprint density at radius 3 is 2.50 bits per heavy atom. The van der Waals surface area contributed by atoms with E-state index < -0.39 is 0 Å². The molecule has 1 heterocycles. The second-order valence-corrected chi connectivity index (χ2v) is 6.62. The normalized spacial score (nSPS) is 10.2. The van der Waals surface area contributed by atoms with Gasteiger partial charge in [-0.3, -0.25) is 14.9 Å². The van der Waals surface area contributed by atoms with E-state index in [0.29, 0.717) is 41.5 Å². The Kier molecular flexibility index (Phi) is 7.18. The highest BCUT2D eigenvalue weighted by Gasteiger charge is 2.10. The highest BCUT2D eigenvalue weighted by atomic mass is 32.1. The number of nitrogens with one attached hydrogen (secondary N) is 3. The van der Waals surface area contributed by atoms with Crippen molar-refractivity contribution in [2.75, 3.05) is 11.9 Å². The predicted molar refractivity (Wildman–Crippen MR) is 118 cm³/mol. The van der Waals surface area contributed by atoms with Gasteiger partial charge in [0.1, 0.15) is 11.5 Å². The maximum absolute atomic E-state index is 12.3. The third-order valence-corrected chi connectivity index (χ3v) is 4.24. The van der Waals surface area contributed by atoms with Crippen LogP contribution in [-0.4, -0.2) is 23.5 Å². The molecule has 154 valence electrons. The van der Waals surface area contributed by atoms with Crippen LogP contribution < -0.4 is 20.7 Å². The van der Waals surface area contributed by atoms with Crippen LogP contribution in [-0.2, 0) is 6.54 Å². The number of amides is 2. The van der Waals surface area contributed by atoms with E-state index in [-0.39, 0.29) is 16.9 Å². The molecule has 1 aromatic heterocycles. The molecule has 3 N–H and O–H groups in total. The van der Waals surface area contributed by atoms with Crippen LogP contribution in [0.15, 0.2) is 71.3 Å². The maximum atomic E-state index is 12.3. The fourth-order valence-corrected chi connectivity index (χ4v) is 2.84. The van der Waals surface area contributed by atoms with Crippen molar-refractivity contribution in [3.05, 3.63) is 83.8 Å². The van der Waals surface area contributed by atoms with Gasteiger partial charge in [-0.1, -0.05) is 6.07 Å². The molecule has 0 unspecified atom stereocenters. The lowest BCUT2D eigenvalue weighted by Crippen LogP contribution is -2.34. The molecule has 0 radical (unpaired) electrons. The topological polar surface area (TPSA) is 92.6 Å². The second-order valence-electron chi connectivity index (χ2n) is 6.21. The third-order valence-electron chi connectivity index (χ3n) is 4.04. The summed E-state index contributed by atoms with van der Waals surface area (Å²) in [6.45, 7) is 2.74. The summed E-state index contributed by atoms with van der Waals surface area (Å²) < 4.78 is 10.6. The Bertz CT molecular complexity index is 1020. The number of rotatable bonds is 7. The molecule has 0 aliphatic carbocycles. The fourth-order valence-electron chi connectivity index (χ4n) is 2.63. The van der Waals surface area contributed by atoms with E-state index in [1.807, 2.05) is 6.92 Å². The van der Waals surface area contributed by atoms with Gasteiger partial charge in [0.05, 0.1) is 19.4 Å². The van der Waals surface area contributed by atoms with Crippen molar-refractivity contribution in [2.24, 2.45) is 0 Å². The standard InChI is InChI=1S/C22H21N3O4S/c1-2-28-18-10-8-15(9-11-18)21(27)25-22(30)24-17-6-3-5-16(13-17)20(26)23-14-19-7-4-12-29-19/h3-13H,2,14H2,1H3,(H,23,26)(H2,24,25,27,30). The number of hydrogen-bond donors (Lipinski definition) is 3. The lowest BCUT2D eigenvalue weighted by Gasteiger charge is -2.11. The van der Waals surface area contributed by atoms with Crippen molar-refractivity contribution < 1.29 is 18.7 Å². The van der Waals surface area contributed by atoms with Crippen molar-refractivity contribution in [3.8, 4) is 5.75 Å². The monoisotopic (exact) mass is 423 g/mol. The zero-order valence-corrected chi connectivity index (χ0v) is 17.1. The number of anilines is 1. The van der Waals surface area contributed by atoms with Crippen LogP contribution in [0, 0.1) is 0 Å². The van der Waals surface area contributed by atoms with Crippen LogP contribution in [0.3, 0.4) is 0 Å². The second kappa shape index (κ2) is 10.2. The van der Waals surface area contributed by atoms with E-state index in [4.69, 9.17) is 21.4 Å². The molecule has 0 saturated carbocycles. The summed E-state index contributed by atoms with van der Waals surface area (Å²) in [5, 5.41) is 8.43.